The van der Waals surface area contributed by atoms with Crippen molar-refractivity contribution in [2.75, 3.05) is 13.2 Å². The van der Waals surface area contributed by atoms with E-state index in [9.17, 15) is 5.11 Å². The minimum Gasteiger partial charge on any atom is -0.395 e. The summed E-state index contributed by atoms with van der Waals surface area (Å²) in [6, 6.07) is 12.1. The average Bonchev–Trinajstić information content (AvgIpc) is 2.38. The molecule has 2 aromatic rings. The first kappa shape index (κ1) is 12.1. The molecule has 0 aromatic heterocycles. The first-order valence-corrected chi connectivity index (χ1v) is 5.65. The van der Waals surface area contributed by atoms with E-state index in [1.807, 2.05) is 43.8 Å². The lowest BCUT2D eigenvalue weighted by Crippen LogP contribution is -2.34. The topological polar surface area (TPSA) is 52.5 Å². The summed E-state index contributed by atoms with van der Waals surface area (Å²) in [5, 5.41) is 23.3. The molecule has 3 N–H and O–H groups in total. The zero-order valence-corrected chi connectivity index (χ0v) is 9.56. The van der Waals surface area contributed by atoms with E-state index in [2.05, 4.69) is 5.23 Å². The molecule has 0 amide bonds. The van der Waals surface area contributed by atoms with Gasteiger partial charge in [-0.3, -0.25) is 0 Å². The molecule has 0 unspecified atom stereocenters. The summed E-state index contributed by atoms with van der Waals surface area (Å²) in [6.45, 7) is 0.619. The van der Waals surface area contributed by atoms with Crippen molar-refractivity contribution < 1.29 is 10.2 Å². The van der Waals surface area contributed by atoms with E-state index < -0.39 is 0 Å². The summed E-state index contributed by atoms with van der Waals surface area (Å²) in [4.78, 5) is 0. The Morgan fingerprint density at radius 2 is 1.76 bits per heavy atom. The number of hydrogen-bond donors (Lipinski definition) is 3. The van der Waals surface area contributed by atoms with Crippen molar-refractivity contribution in [1.29, 1.82) is 0 Å². The van der Waals surface area contributed by atoms with Crippen molar-refractivity contribution in [2.45, 2.75) is 6.61 Å². The van der Waals surface area contributed by atoms with Crippen LogP contribution >= 0.6 is 0 Å². The van der Waals surface area contributed by atoms with E-state index in [1.54, 1.807) is 0 Å². The Kier molecular flexibility index (Phi) is 4.15. The molecule has 0 spiro atoms. The van der Waals surface area contributed by atoms with Crippen molar-refractivity contribution in [3.63, 3.8) is 0 Å². The van der Waals surface area contributed by atoms with Crippen LogP contribution in [0.4, 0.5) is 0 Å². The molecule has 3 nitrogen and oxygen atoms in total. The highest BCUT2D eigenvalue weighted by atomic mass is 16.3. The zero-order valence-electron chi connectivity index (χ0n) is 9.56. The fraction of sp³-hybridized carbons (Fsp3) is 0.231. The van der Waals surface area contributed by atoms with Crippen LogP contribution in [0.3, 0.4) is 0 Å². The van der Waals surface area contributed by atoms with Gasteiger partial charge in [0.2, 0.25) is 7.41 Å². The zero-order chi connectivity index (χ0) is 12.1. The van der Waals surface area contributed by atoms with Crippen molar-refractivity contribution in [1.82, 2.24) is 5.23 Å². The van der Waals surface area contributed by atoms with Crippen LogP contribution in [-0.2, 0) is 6.61 Å². The van der Waals surface area contributed by atoms with Crippen LogP contribution in [0.2, 0.25) is 0 Å². The SMILES string of the molecule is OCCN[B]c1cc2ccccc2cc1CO. The average molecular weight is 228 g/mol. The molecule has 2 rings (SSSR count). The Morgan fingerprint density at radius 1 is 1.06 bits per heavy atom. The Bertz CT molecular complexity index is 502. The number of fused-ring (bicyclic) bond motifs is 1. The molecule has 17 heavy (non-hydrogen) atoms. The number of hydrogen-bond acceptors (Lipinski definition) is 3. The van der Waals surface area contributed by atoms with Crippen LogP contribution in [-0.4, -0.2) is 30.8 Å². The second-order valence-corrected chi connectivity index (χ2v) is 3.88. The summed E-state index contributed by atoms with van der Waals surface area (Å²) in [7, 11) is 1.83. The van der Waals surface area contributed by atoms with Crippen LogP contribution < -0.4 is 10.7 Å². The lowest BCUT2D eigenvalue weighted by atomic mass is 9.78. The van der Waals surface area contributed by atoms with Gasteiger partial charge in [-0.15, -0.1) is 0 Å². The quantitative estimate of drug-likeness (QED) is 0.504. The highest BCUT2D eigenvalue weighted by molar-refractivity contribution is 6.52. The third-order valence-electron chi connectivity index (χ3n) is 2.69. The fourth-order valence-corrected chi connectivity index (χ4v) is 1.82. The molecule has 0 aliphatic carbocycles. The molecule has 0 aliphatic rings. The largest absolute Gasteiger partial charge is 0.395 e. The number of benzene rings is 2. The maximum Gasteiger partial charge on any atom is 0.245 e. The van der Waals surface area contributed by atoms with E-state index in [0.717, 1.165) is 21.8 Å². The third kappa shape index (κ3) is 2.85. The lowest BCUT2D eigenvalue weighted by Gasteiger charge is -2.09. The van der Waals surface area contributed by atoms with Crippen LogP contribution in [0.1, 0.15) is 5.56 Å². The normalized spacial score (nSPS) is 10.7. The molecule has 0 bridgehead atoms. The molecule has 87 valence electrons. The van der Waals surface area contributed by atoms with Gasteiger partial charge in [-0.05, 0) is 22.4 Å². The fourth-order valence-electron chi connectivity index (χ4n) is 1.82. The minimum atomic E-state index is 0.0114. The summed E-state index contributed by atoms with van der Waals surface area (Å²) in [5.74, 6) is 0. The Balaban J connectivity index is 2.32. The van der Waals surface area contributed by atoms with Gasteiger partial charge in [0.15, 0.2) is 0 Å². The standard InChI is InChI=1S/C13H15BNO2/c16-6-5-15-14-13-8-11-4-2-1-3-10(11)7-12(13)9-17/h1-4,7-8,15-17H,5-6,9H2. The maximum absolute atomic E-state index is 9.34. The van der Waals surface area contributed by atoms with Gasteiger partial charge in [-0.1, -0.05) is 35.8 Å². The molecule has 4 heteroatoms. The molecular formula is C13H15BNO2. The molecule has 0 fully saturated rings. The van der Waals surface area contributed by atoms with Gasteiger partial charge < -0.3 is 15.4 Å². The predicted molar refractivity (Wildman–Crippen MR) is 70.3 cm³/mol. The van der Waals surface area contributed by atoms with E-state index in [4.69, 9.17) is 5.11 Å². The smallest absolute Gasteiger partial charge is 0.245 e. The second-order valence-electron chi connectivity index (χ2n) is 3.88. The third-order valence-corrected chi connectivity index (χ3v) is 2.69. The maximum atomic E-state index is 9.34. The molecular weight excluding hydrogens is 213 g/mol. The van der Waals surface area contributed by atoms with Crippen LogP contribution in [0.25, 0.3) is 10.8 Å². The Labute approximate surface area is 101 Å². The highest BCUT2D eigenvalue weighted by Gasteiger charge is 2.05. The first-order chi connectivity index (χ1) is 8.35. The summed E-state index contributed by atoms with van der Waals surface area (Å²) >= 11 is 0. The highest BCUT2D eigenvalue weighted by Crippen LogP contribution is 2.13. The molecule has 2 aromatic carbocycles. The molecule has 0 saturated carbocycles. The minimum absolute atomic E-state index is 0.0114. The number of aliphatic hydroxyl groups is 2. The van der Waals surface area contributed by atoms with Crippen LogP contribution in [0, 0.1) is 0 Å². The first-order valence-electron chi connectivity index (χ1n) is 5.65. The number of rotatable bonds is 5. The van der Waals surface area contributed by atoms with E-state index >= 15 is 0 Å². The Morgan fingerprint density at radius 3 is 2.41 bits per heavy atom. The van der Waals surface area contributed by atoms with Crippen molar-refractivity contribution in [2.24, 2.45) is 0 Å². The van der Waals surface area contributed by atoms with Crippen LogP contribution in [0.5, 0.6) is 0 Å². The number of aliphatic hydroxyl groups excluding tert-OH is 2. The summed E-state index contributed by atoms with van der Waals surface area (Å²) in [6.07, 6.45) is 0. The molecule has 0 heterocycles. The van der Waals surface area contributed by atoms with Crippen molar-refractivity contribution >= 4 is 23.6 Å². The Hall–Kier alpha value is -1.36. The van der Waals surface area contributed by atoms with Gasteiger partial charge in [0.05, 0.1) is 13.2 Å². The van der Waals surface area contributed by atoms with Gasteiger partial charge in [-0.25, -0.2) is 0 Å². The van der Waals surface area contributed by atoms with Gasteiger partial charge in [-0.2, -0.15) is 0 Å². The summed E-state index contributed by atoms with van der Waals surface area (Å²) < 4.78 is 0. The molecule has 0 saturated heterocycles. The molecule has 0 aliphatic heterocycles. The lowest BCUT2D eigenvalue weighted by molar-refractivity contribution is 0.283. The second kappa shape index (κ2) is 5.82. The monoisotopic (exact) mass is 228 g/mol. The molecule has 0 atom stereocenters. The van der Waals surface area contributed by atoms with Crippen molar-refractivity contribution in [3.05, 3.63) is 42.0 Å². The van der Waals surface area contributed by atoms with Crippen molar-refractivity contribution in [3.8, 4) is 0 Å². The van der Waals surface area contributed by atoms with E-state index in [1.165, 1.54) is 0 Å². The van der Waals surface area contributed by atoms with Gasteiger partial charge in [0.1, 0.15) is 0 Å². The molecule has 1 radical (unpaired) electrons. The van der Waals surface area contributed by atoms with E-state index in [0.29, 0.717) is 6.54 Å². The predicted octanol–water partition coefficient (Wildman–Crippen LogP) is 0.158. The summed E-state index contributed by atoms with van der Waals surface area (Å²) in [5.41, 5.74) is 1.84. The van der Waals surface area contributed by atoms with Gasteiger partial charge in [0, 0.05) is 6.54 Å². The van der Waals surface area contributed by atoms with Gasteiger partial charge in [0.25, 0.3) is 0 Å². The van der Waals surface area contributed by atoms with Crippen LogP contribution in [0.15, 0.2) is 36.4 Å². The van der Waals surface area contributed by atoms with E-state index in [-0.39, 0.29) is 13.2 Å². The number of nitrogens with one attached hydrogen (secondary N) is 1. The van der Waals surface area contributed by atoms with Gasteiger partial charge >= 0.3 is 0 Å².